The van der Waals surface area contributed by atoms with Crippen LogP contribution in [0.5, 0.6) is 0 Å². The molecule has 1 aromatic heterocycles. The minimum Gasteiger partial charge on any atom is -0.380 e. The summed E-state index contributed by atoms with van der Waals surface area (Å²) < 4.78 is 9.88. The van der Waals surface area contributed by atoms with Gasteiger partial charge in [-0.2, -0.15) is 0 Å². The second-order valence-corrected chi connectivity index (χ2v) is 3.24. The van der Waals surface area contributed by atoms with Crippen LogP contribution in [-0.2, 0) is 11.3 Å². The van der Waals surface area contributed by atoms with Gasteiger partial charge < -0.3 is 15.0 Å². The maximum Gasteiger partial charge on any atom is 0.229 e. The van der Waals surface area contributed by atoms with Gasteiger partial charge >= 0.3 is 0 Å². The van der Waals surface area contributed by atoms with Crippen LogP contribution in [0.25, 0.3) is 11.1 Å². The van der Waals surface area contributed by atoms with Crippen molar-refractivity contribution in [3.63, 3.8) is 0 Å². The molecular formula is C11H12N2O2. The number of ether oxygens (including phenoxy) is 1. The van der Waals surface area contributed by atoms with Crippen molar-refractivity contribution in [3.05, 3.63) is 36.0 Å². The van der Waals surface area contributed by atoms with Crippen LogP contribution >= 0.6 is 0 Å². The zero-order valence-electron chi connectivity index (χ0n) is 8.43. The Morgan fingerprint density at radius 2 is 2.33 bits per heavy atom. The van der Waals surface area contributed by atoms with Gasteiger partial charge in [-0.1, -0.05) is 23.4 Å². The summed E-state index contributed by atoms with van der Waals surface area (Å²) in [6.45, 7) is 0.582. The van der Waals surface area contributed by atoms with E-state index < -0.39 is 0 Å². The average Bonchev–Trinajstić information content (AvgIpc) is 2.65. The Hall–Kier alpha value is -1.81. The summed E-state index contributed by atoms with van der Waals surface area (Å²) in [5, 5.41) is 3.64. The van der Waals surface area contributed by atoms with Gasteiger partial charge in [0.05, 0.1) is 18.4 Å². The molecule has 2 aromatic rings. The van der Waals surface area contributed by atoms with E-state index in [4.69, 9.17) is 15.0 Å². The summed E-state index contributed by atoms with van der Waals surface area (Å²) in [6, 6.07) is 7.92. The van der Waals surface area contributed by atoms with Crippen molar-refractivity contribution in [2.45, 2.75) is 6.61 Å². The standard InChI is InChI=1S/C11H12N2O2/c1-14-7-8-3-2-4-9(5-8)10-6-13-15-11(10)12/h2-6H,7,12H2,1H3. The third kappa shape index (κ3) is 1.99. The highest BCUT2D eigenvalue weighted by molar-refractivity contribution is 5.72. The van der Waals surface area contributed by atoms with E-state index in [1.165, 1.54) is 0 Å². The number of hydrogen-bond donors (Lipinski definition) is 1. The zero-order valence-corrected chi connectivity index (χ0v) is 8.43. The smallest absolute Gasteiger partial charge is 0.229 e. The summed E-state index contributed by atoms with van der Waals surface area (Å²) >= 11 is 0. The summed E-state index contributed by atoms with van der Waals surface area (Å²) in [4.78, 5) is 0. The molecule has 2 N–H and O–H groups in total. The highest BCUT2D eigenvalue weighted by atomic mass is 16.5. The fourth-order valence-electron chi connectivity index (χ4n) is 1.46. The van der Waals surface area contributed by atoms with E-state index in [-0.39, 0.29) is 0 Å². The number of nitrogens with two attached hydrogens (primary N) is 1. The molecule has 1 heterocycles. The summed E-state index contributed by atoms with van der Waals surface area (Å²) in [7, 11) is 1.67. The van der Waals surface area contributed by atoms with Gasteiger partial charge in [0.25, 0.3) is 0 Å². The lowest BCUT2D eigenvalue weighted by molar-refractivity contribution is 0.185. The molecule has 0 amide bonds. The first-order chi connectivity index (χ1) is 7.31. The monoisotopic (exact) mass is 204 g/mol. The molecule has 78 valence electrons. The minimum absolute atomic E-state index is 0.338. The molecule has 4 nitrogen and oxygen atoms in total. The molecule has 0 aliphatic heterocycles. The van der Waals surface area contributed by atoms with E-state index >= 15 is 0 Å². The zero-order chi connectivity index (χ0) is 10.7. The van der Waals surface area contributed by atoms with Crippen molar-refractivity contribution in [1.82, 2.24) is 5.16 Å². The van der Waals surface area contributed by atoms with Gasteiger partial charge in [-0.05, 0) is 17.2 Å². The topological polar surface area (TPSA) is 61.3 Å². The molecule has 0 spiro atoms. The summed E-state index contributed by atoms with van der Waals surface area (Å²) in [5.74, 6) is 0.338. The largest absolute Gasteiger partial charge is 0.380 e. The highest BCUT2D eigenvalue weighted by Gasteiger charge is 2.06. The predicted octanol–water partition coefficient (Wildman–Crippen LogP) is 2.07. The Labute approximate surface area is 87.6 Å². The summed E-state index contributed by atoms with van der Waals surface area (Å²) in [5.41, 5.74) is 8.53. The number of rotatable bonds is 3. The fraction of sp³-hybridized carbons (Fsp3) is 0.182. The van der Waals surface area contributed by atoms with Crippen molar-refractivity contribution in [1.29, 1.82) is 0 Å². The lowest BCUT2D eigenvalue weighted by atomic mass is 10.1. The van der Waals surface area contributed by atoms with E-state index in [9.17, 15) is 0 Å². The molecule has 0 bridgehead atoms. The second kappa shape index (κ2) is 4.14. The molecule has 0 saturated carbocycles. The molecule has 0 aliphatic rings. The highest BCUT2D eigenvalue weighted by Crippen LogP contribution is 2.25. The SMILES string of the molecule is COCc1cccc(-c2cnoc2N)c1. The van der Waals surface area contributed by atoms with Crippen LogP contribution in [0.3, 0.4) is 0 Å². The third-order valence-corrected chi connectivity index (χ3v) is 2.15. The molecule has 4 heteroatoms. The number of methoxy groups -OCH3 is 1. The van der Waals surface area contributed by atoms with E-state index in [1.807, 2.05) is 24.3 Å². The van der Waals surface area contributed by atoms with Crippen LogP contribution < -0.4 is 5.73 Å². The van der Waals surface area contributed by atoms with Gasteiger partial charge in [-0.3, -0.25) is 0 Å². The average molecular weight is 204 g/mol. The number of nitrogen functional groups attached to an aromatic ring is 1. The predicted molar refractivity (Wildman–Crippen MR) is 57.1 cm³/mol. The van der Waals surface area contributed by atoms with Crippen LogP contribution in [0.2, 0.25) is 0 Å². The second-order valence-electron chi connectivity index (χ2n) is 3.24. The van der Waals surface area contributed by atoms with Gasteiger partial charge in [-0.25, -0.2) is 0 Å². The van der Waals surface area contributed by atoms with Gasteiger partial charge in [0.1, 0.15) is 0 Å². The molecule has 15 heavy (non-hydrogen) atoms. The maximum absolute atomic E-state index is 5.64. The lowest BCUT2D eigenvalue weighted by Crippen LogP contribution is -1.89. The molecule has 0 fully saturated rings. The lowest BCUT2D eigenvalue weighted by Gasteiger charge is -2.02. The van der Waals surface area contributed by atoms with Crippen LogP contribution in [-0.4, -0.2) is 12.3 Å². The Kier molecular flexibility index (Phi) is 2.69. The Bertz CT molecular complexity index is 451. The first-order valence-electron chi connectivity index (χ1n) is 4.59. The molecule has 0 unspecified atom stereocenters. The molecule has 0 saturated heterocycles. The maximum atomic E-state index is 5.64. The molecule has 2 rings (SSSR count). The van der Waals surface area contributed by atoms with Crippen LogP contribution in [0, 0.1) is 0 Å². The van der Waals surface area contributed by atoms with Crippen LogP contribution in [0.4, 0.5) is 5.88 Å². The molecule has 1 aromatic carbocycles. The normalized spacial score (nSPS) is 10.5. The van der Waals surface area contributed by atoms with Crippen LogP contribution in [0.15, 0.2) is 35.0 Å². The van der Waals surface area contributed by atoms with Crippen molar-refractivity contribution < 1.29 is 9.26 Å². The van der Waals surface area contributed by atoms with Gasteiger partial charge in [0.2, 0.25) is 5.88 Å². The van der Waals surface area contributed by atoms with Gasteiger partial charge in [-0.15, -0.1) is 0 Å². The van der Waals surface area contributed by atoms with Gasteiger partial charge in [0.15, 0.2) is 0 Å². The number of nitrogens with zero attached hydrogens (tertiary/aromatic N) is 1. The van der Waals surface area contributed by atoms with Crippen molar-refractivity contribution in [2.75, 3.05) is 12.8 Å². The Morgan fingerprint density at radius 3 is 3.00 bits per heavy atom. The van der Waals surface area contributed by atoms with E-state index in [2.05, 4.69) is 5.16 Å². The third-order valence-electron chi connectivity index (χ3n) is 2.15. The van der Waals surface area contributed by atoms with Crippen molar-refractivity contribution >= 4 is 5.88 Å². The Morgan fingerprint density at radius 1 is 1.47 bits per heavy atom. The van der Waals surface area contributed by atoms with Crippen molar-refractivity contribution in [2.24, 2.45) is 0 Å². The van der Waals surface area contributed by atoms with Gasteiger partial charge in [0, 0.05) is 7.11 Å². The van der Waals surface area contributed by atoms with E-state index in [1.54, 1.807) is 13.3 Å². The first-order valence-corrected chi connectivity index (χ1v) is 4.59. The number of aromatic nitrogens is 1. The molecule has 0 atom stereocenters. The van der Waals surface area contributed by atoms with Crippen molar-refractivity contribution in [3.8, 4) is 11.1 Å². The quantitative estimate of drug-likeness (QED) is 0.831. The number of benzene rings is 1. The fourth-order valence-corrected chi connectivity index (χ4v) is 1.46. The summed E-state index contributed by atoms with van der Waals surface area (Å²) in [6.07, 6.45) is 1.61. The number of hydrogen-bond acceptors (Lipinski definition) is 4. The minimum atomic E-state index is 0.338. The Balaban J connectivity index is 2.37. The first kappa shape index (κ1) is 9.73. The van der Waals surface area contributed by atoms with E-state index in [0.717, 1.165) is 16.7 Å². The van der Waals surface area contributed by atoms with E-state index in [0.29, 0.717) is 12.5 Å². The van der Waals surface area contributed by atoms with Crippen LogP contribution in [0.1, 0.15) is 5.56 Å². The molecular weight excluding hydrogens is 192 g/mol. The molecule has 0 radical (unpaired) electrons. The molecule has 0 aliphatic carbocycles. The number of anilines is 1.